The van der Waals surface area contributed by atoms with Crippen LogP contribution in [0.5, 0.6) is 17.2 Å². The van der Waals surface area contributed by atoms with Crippen molar-refractivity contribution < 1.29 is 29.1 Å². The highest BCUT2D eigenvalue weighted by molar-refractivity contribution is 7.46. The van der Waals surface area contributed by atoms with Crippen LogP contribution in [0.1, 0.15) is 17.5 Å². The predicted molar refractivity (Wildman–Crippen MR) is 80.9 cm³/mol. The lowest BCUT2D eigenvalue weighted by atomic mass is 10.0. The second-order valence-electron chi connectivity index (χ2n) is 4.90. The summed E-state index contributed by atoms with van der Waals surface area (Å²) in [4.78, 5) is 17.8. The largest absolute Gasteiger partial charge is 0.524 e. The molecule has 2 rings (SSSR count). The zero-order valence-electron chi connectivity index (χ0n) is 11.7. The van der Waals surface area contributed by atoms with Crippen molar-refractivity contribution in [1.29, 1.82) is 0 Å². The summed E-state index contributed by atoms with van der Waals surface area (Å²) in [5.41, 5.74) is 1.57. The quantitative estimate of drug-likeness (QED) is 0.609. The van der Waals surface area contributed by atoms with E-state index in [0.717, 1.165) is 5.56 Å². The minimum absolute atomic E-state index is 0.0238. The van der Waals surface area contributed by atoms with Gasteiger partial charge in [0.2, 0.25) is 0 Å². The van der Waals surface area contributed by atoms with E-state index in [2.05, 4.69) is 4.52 Å². The number of benzene rings is 2. The van der Waals surface area contributed by atoms with Crippen molar-refractivity contribution in [1.82, 2.24) is 0 Å². The van der Waals surface area contributed by atoms with Crippen LogP contribution >= 0.6 is 7.82 Å². The van der Waals surface area contributed by atoms with Crippen molar-refractivity contribution in [2.75, 3.05) is 0 Å². The molecule has 118 valence electrons. The lowest BCUT2D eigenvalue weighted by molar-refractivity contribution is 0.282. The number of phosphoric acid groups is 1. The summed E-state index contributed by atoms with van der Waals surface area (Å²) in [5, 5.41) is 18.8. The van der Waals surface area contributed by atoms with Crippen LogP contribution in [0, 0.1) is 0 Å². The third-order valence-corrected chi connectivity index (χ3v) is 3.52. The Kier molecular flexibility index (Phi) is 5.08. The average Bonchev–Trinajstić information content (AvgIpc) is 2.39. The topological polar surface area (TPSA) is 107 Å². The number of rotatable bonds is 6. The van der Waals surface area contributed by atoms with Gasteiger partial charge in [-0.1, -0.05) is 18.2 Å². The summed E-state index contributed by atoms with van der Waals surface area (Å²) >= 11 is 0. The molecule has 0 aromatic heterocycles. The number of phenolic OH excluding ortho intramolecular Hbond substituents is 2. The maximum Gasteiger partial charge on any atom is 0.524 e. The number of aryl methyl sites for hydroxylation is 2. The molecule has 7 heteroatoms. The van der Waals surface area contributed by atoms with Crippen LogP contribution < -0.4 is 4.52 Å². The zero-order valence-corrected chi connectivity index (χ0v) is 12.6. The van der Waals surface area contributed by atoms with Crippen LogP contribution in [0.15, 0.2) is 42.5 Å². The maximum absolute atomic E-state index is 11.0. The van der Waals surface area contributed by atoms with E-state index >= 15 is 0 Å². The summed E-state index contributed by atoms with van der Waals surface area (Å²) in [7, 11) is -4.68. The Hall–Kier alpha value is -2.01. The van der Waals surface area contributed by atoms with Gasteiger partial charge < -0.3 is 14.7 Å². The minimum Gasteiger partial charge on any atom is -0.508 e. The predicted octanol–water partition coefficient (Wildman–Crippen LogP) is 2.74. The molecular formula is C15H17O6P. The molecule has 0 spiro atoms. The Labute approximate surface area is 127 Å². The van der Waals surface area contributed by atoms with Gasteiger partial charge in [-0.3, -0.25) is 9.79 Å². The molecule has 0 aliphatic carbocycles. The van der Waals surface area contributed by atoms with E-state index in [9.17, 15) is 14.8 Å². The van der Waals surface area contributed by atoms with E-state index < -0.39 is 7.82 Å². The highest BCUT2D eigenvalue weighted by atomic mass is 31.2. The number of hydrogen-bond acceptors (Lipinski definition) is 4. The molecule has 0 radical (unpaired) electrons. The number of hydrogen-bond donors (Lipinski definition) is 4. The normalized spacial score (nSPS) is 11.4. The van der Waals surface area contributed by atoms with Gasteiger partial charge in [0.1, 0.15) is 17.2 Å². The summed E-state index contributed by atoms with van der Waals surface area (Å²) in [6, 6.07) is 11.1. The van der Waals surface area contributed by atoms with Crippen LogP contribution in [0.4, 0.5) is 0 Å². The molecule has 0 heterocycles. The summed E-state index contributed by atoms with van der Waals surface area (Å²) < 4.78 is 15.6. The lowest BCUT2D eigenvalue weighted by Gasteiger charge is -2.12. The molecule has 22 heavy (non-hydrogen) atoms. The van der Waals surface area contributed by atoms with Crippen molar-refractivity contribution >= 4 is 7.82 Å². The molecule has 0 saturated heterocycles. The lowest BCUT2D eigenvalue weighted by Crippen LogP contribution is -1.97. The first-order chi connectivity index (χ1) is 10.3. The van der Waals surface area contributed by atoms with E-state index in [1.54, 1.807) is 24.3 Å². The van der Waals surface area contributed by atoms with E-state index in [-0.39, 0.29) is 17.2 Å². The number of aromatic hydroxyl groups is 2. The molecule has 2 aromatic rings. The van der Waals surface area contributed by atoms with E-state index in [4.69, 9.17) is 9.79 Å². The van der Waals surface area contributed by atoms with Crippen LogP contribution in [0.2, 0.25) is 0 Å². The molecule has 0 amide bonds. The summed E-state index contributed by atoms with van der Waals surface area (Å²) in [6.45, 7) is 0. The molecule has 0 aliphatic rings. The van der Waals surface area contributed by atoms with Gasteiger partial charge in [0.05, 0.1) is 0 Å². The molecule has 0 saturated carbocycles. The van der Waals surface area contributed by atoms with Gasteiger partial charge in [-0.2, -0.15) is 0 Å². The summed E-state index contributed by atoms with van der Waals surface area (Å²) in [5.74, 6) is 0.0529. The average molecular weight is 324 g/mol. The van der Waals surface area contributed by atoms with Crippen LogP contribution in [-0.2, 0) is 17.4 Å². The molecule has 2 aromatic carbocycles. The molecule has 4 N–H and O–H groups in total. The first-order valence-electron chi connectivity index (χ1n) is 6.68. The molecule has 0 aliphatic heterocycles. The standard InChI is InChI=1S/C15H17O6P/c16-13-6-2-4-11(9-13)3-1-5-12-7-8-14(17)10-15(12)21-22(18,19)20/h2,4,6-10,16-17H,1,3,5H2,(H2,18,19,20). The Morgan fingerprint density at radius 2 is 1.68 bits per heavy atom. The minimum atomic E-state index is -4.68. The molecule has 0 unspecified atom stereocenters. The maximum atomic E-state index is 11.0. The number of phosphoric ester groups is 1. The zero-order chi connectivity index (χ0) is 16.2. The Balaban J connectivity index is 2.04. The van der Waals surface area contributed by atoms with Crippen LogP contribution in [0.25, 0.3) is 0 Å². The fraction of sp³-hybridized carbons (Fsp3) is 0.200. The third-order valence-electron chi connectivity index (χ3n) is 3.09. The van der Waals surface area contributed by atoms with Gasteiger partial charge in [-0.15, -0.1) is 0 Å². The highest BCUT2D eigenvalue weighted by Crippen LogP contribution is 2.40. The van der Waals surface area contributed by atoms with Gasteiger partial charge in [0.25, 0.3) is 0 Å². The van der Waals surface area contributed by atoms with Crippen LogP contribution in [0.3, 0.4) is 0 Å². The molecule has 6 nitrogen and oxygen atoms in total. The smallest absolute Gasteiger partial charge is 0.508 e. The van der Waals surface area contributed by atoms with E-state index in [1.807, 2.05) is 6.07 Å². The number of phenols is 2. The first kappa shape index (κ1) is 16.4. The van der Waals surface area contributed by atoms with Gasteiger partial charge in [0, 0.05) is 6.07 Å². The van der Waals surface area contributed by atoms with Crippen LogP contribution in [-0.4, -0.2) is 20.0 Å². The van der Waals surface area contributed by atoms with E-state index in [1.165, 1.54) is 12.1 Å². The first-order valence-corrected chi connectivity index (χ1v) is 8.21. The van der Waals surface area contributed by atoms with E-state index in [0.29, 0.717) is 24.8 Å². The Morgan fingerprint density at radius 3 is 2.36 bits per heavy atom. The Bertz CT molecular complexity index is 694. The van der Waals surface area contributed by atoms with Crippen molar-refractivity contribution in [3.05, 3.63) is 53.6 Å². The Morgan fingerprint density at radius 1 is 0.955 bits per heavy atom. The highest BCUT2D eigenvalue weighted by Gasteiger charge is 2.18. The van der Waals surface area contributed by atoms with Crippen molar-refractivity contribution in [3.8, 4) is 17.2 Å². The fourth-order valence-electron chi connectivity index (χ4n) is 2.16. The summed E-state index contributed by atoms with van der Waals surface area (Å²) in [6.07, 6.45) is 1.92. The third kappa shape index (κ3) is 5.07. The van der Waals surface area contributed by atoms with Gasteiger partial charge in [0.15, 0.2) is 0 Å². The monoisotopic (exact) mass is 324 g/mol. The molecule has 0 bridgehead atoms. The van der Waals surface area contributed by atoms with Crippen molar-refractivity contribution in [2.24, 2.45) is 0 Å². The molecule has 0 atom stereocenters. The van der Waals surface area contributed by atoms with Gasteiger partial charge in [-0.05, 0) is 48.6 Å². The SMILES string of the molecule is O=P(O)(O)Oc1cc(O)ccc1CCCc1cccc(O)c1. The van der Waals surface area contributed by atoms with Gasteiger partial charge >= 0.3 is 7.82 Å². The van der Waals surface area contributed by atoms with Gasteiger partial charge in [-0.25, -0.2) is 4.57 Å². The second-order valence-corrected chi connectivity index (χ2v) is 6.06. The van der Waals surface area contributed by atoms with Crippen molar-refractivity contribution in [3.63, 3.8) is 0 Å². The second kappa shape index (κ2) is 6.83. The fourth-order valence-corrected chi connectivity index (χ4v) is 2.58. The van der Waals surface area contributed by atoms with Crippen molar-refractivity contribution in [2.45, 2.75) is 19.3 Å². The molecule has 0 fully saturated rings. The molecular weight excluding hydrogens is 307 g/mol.